The standard InChI is InChI=1S/C16H23NO2/c18-10-12-4-2-5-15(12)17-16-6-1-3-11-7-8-13(19)9-14(11)16/h7-9,12,15-19H,1-6,10H2. The maximum atomic E-state index is 9.70. The first-order chi connectivity index (χ1) is 9.28. The molecule has 2 aliphatic rings. The fraction of sp³-hybridized carbons (Fsp3) is 0.625. The molecule has 0 spiro atoms. The van der Waals surface area contributed by atoms with Gasteiger partial charge in [0.25, 0.3) is 0 Å². The van der Waals surface area contributed by atoms with Crippen molar-refractivity contribution in [1.82, 2.24) is 5.32 Å². The van der Waals surface area contributed by atoms with E-state index in [1.54, 1.807) is 6.07 Å². The van der Waals surface area contributed by atoms with Gasteiger partial charge in [-0.05, 0) is 61.3 Å². The third-order valence-electron chi connectivity index (χ3n) is 4.75. The SMILES string of the molecule is OCC1CCCC1NC1CCCc2ccc(O)cc21. The zero-order chi connectivity index (χ0) is 13.2. The van der Waals surface area contributed by atoms with Gasteiger partial charge in [-0.25, -0.2) is 0 Å². The van der Waals surface area contributed by atoms with Crippen LogP contribution in [0.25, 0.3) is 0 Å². The van der Waals surface area contributed by atoms with E-state index in [4.69, 9.17) is 0 Å². The molecule has 3 nitrogen and oxygen atoms in total. The molecule has 1 saturated carbocycles. The van der Waals surface area contributed by atoms with Crippen molar-refractivity contribution in [2.24, 2.45) is 5.92 Å². The third kappa shape index (κ3) is 2.63. The summed E-state index contributed by atoms with van der Waals surface area (Å²) in [5.41, 5.74) is 2.62. The lowest BCUT2D eigenvalue weighted by Crippen LogP contribution is -2.38. The molecule has 104 valence electrons. The zero-order valence-corrected chi connectivity index (χ0v) is 11.3. The summed E-state index contributed by atoms with van der Waals surface area (Å²) in [6, 6.07) is 6.52. The first kappa shape index (κ1) is 12.9. The van der Waals surface area contributed by atoms with E-state index >= 15 is 0 Å². The van der Waals surface area contributed by atoms with Crippen molar-refractivity contribution in [2.45, 2.75) is 50.6 Å². The van der Waals surface area contributed by atoms with E-state index in [1.807, 2.05) is 6.07 Å². The summed E-state index contributed by atoms with van der Waals surface area (Å²) < 4.78 is 0. The molecule has 1 aromatic rings. The van der Waals surface area contributed by atoms with Gasteiger partial charge < -0.3 is 15.5 Å². The van der Waals surface area contributed by atoms with Gasteiger partial charge >= 0.3 is 0 Å². The van der Waals surface area contributed by atoms with Crippen LogP contribution in [0.4, 0.5) is 0 Å². The number of fused-ring (bicyclic) bond motifs is 1. The van der Waals surface area contributed by atoms with Crippen LogP contribution in [0, 0.1) is 5.92 Å². The Kier molecular flexibility index (Phi) is 3.76. The van der Waals surface area contributed by atoms with E-state index in [1.165, 1.54) is 24.0 Å². The number of phenolic OH excluding ortho intramolecular Hbond substituents is 1. The van der Waals surface area contributed by atoms with Crippen molar-refractivity contribution < 1.29 is 10.2 Å². The van der Waals surface area contributed by atoms with Crippen molar-refractivity contribution in [3.8, 4) is 5.75 Å². The summed E-state index contributed by atoms with van der Waals surface area (Å²) in [6.07, 6.45) is 6.95. The molecule has 0 aliphatic heterocycles. The number of phenols is 1. The molecule has 2 aliphatic carbocycles. The van der Waals surface area contributed by atoms with E-state index in [0.717, 1.165) is 25.7 Å². The van der Waals surface area contributed by atoms with Crippen LogP contribution in [0.2, 0.25) is 0 Å². The molecule has 19 heavy (non-hydrogen) atoms. The summed E-state index contributed by atoms with van der Waals surface area (Å²) in [7, 11) is 0. The Bertz CT molecular complexity index is 446. The van der Waals surface area contributed by atoms with Crippen LogP contribution in [0.15, 0.2) is 18.2 Å². The van der Waals surface area contributed by atoms with E-state index in [2.05, 4.69) is 11.4 Å². The molecular weight excluding hydrogens is 238 g/mol. The molecule has 0 radical (unpaired) electrons. The summed E-state index contributed by atoms with van der Waals surface area (Å²) in [4.78, 5) is 0. The molecule has 1 aromatic carbocycles. The second kappa shape index (κ2) is 5.51. The van der Waals surface area contributed by atoms with Crippen molar-refractivity contribution >= 4 is 0 Å². The Morgan fingerprint density at radius 1 is 1.16 bits per heavy atom. The number of aryl methyl sites for hydroxylation is 1. The second-order valence-corrected chi connectivity index (χ2v) is 5.97. The molecule has 3 heteroatoms. The van der Waals surface area contributed by atoms with E-state index < -0.39 is 0 Å². The van der Waals surface area contributed by atoms with E-state index in [-0.39, 0.29) is 6.61 Å². The lowest BCUT2D eigenvalue weighted by atomic mass is 9.86. The highest BCUT2D eigenvalue weighted by Crippen LogP contribution is 2.35. The topological polar surface area (TPSA) is 52.5 Å². The molecule has 0 heterocycles. The van der Waals surface area contributed by atoms with Crippen molar-refractivity contribution in [2.75, 3.05) is 6.61 Å². The highest BCUT2D eigenvalue weighted by atomic mass is 16.3. The minimum Gasteiger partial charge on any atom is -0.508 e. The van der Waals surface area contributed by atoms with Crippen LogP contribution >= 0.6 is 0 Å². The minimum atomic E-state index is 0.289. The van der Waals surface area contributed by atoms with E-state index in [9.17, 15) is 10.2 Å². The number of hydrogen-bond donors (Lipinski definition) is 3. The smallest absolute Gasteiger partial charge is 0.115 e. The van der Waals surface area contributed by atoms with Crippen LogP contribution < -0.4 is 5.32 Å². The Hall–Kier alpha value is -1.06. The van der Waals surface area contributed by atoms with Gasteiger partial charge in [0.1, 0.15) is 5.75 Å². The van der Waals surface area contributed by atoms with Gasteiger partial charge in [0, 0.05) is 18.7 Å². The first-order valence-electron chi connectivity index (χ1n) is 7.46. The highest BCUT2D eigenvalue weighted by molar-refractivity contribution is 5.38. The lowest BCUT2D eigenvalue weighted by Gasteiger charge is -2.31. The normalized spacial score (nSPS) is 30.3. The summed E-state index contributed by atoms with van der Waals surface area (Å²) in [6.45, 7) is 0.289. The molecule has 0 saturated heterocycles. The van der Waals surface area contributed by atoms with Crippen LogP contribution in [-0.2, 0) is 6.42 Å². The fourth-order valence-corrected chi connectivity index (χ4v) is 3.69. The summed E-state index contributed by atoms with van der Waals surface area (Å²) in [5, 5.41) is 22.9. The molecular formula is C16H23NO2. The van der Waals surface area contributed by atoms with Gasteiger partial charge in [0.05, 0.1) is 0 Å². The number of benzene rings is 1. The molecule has 1 fully saturated rings. The molecule has 0 bridgehead atoms. The van der Waals surface area contributed by atoms with Crippen molar-refractivity contribution in [3.63, 3.8) is 0 Å². The number of aliphatic hydroxyl groups is 1. The Labute approximate surface area is 114 Å². The molecule has 3 N–H and O–H groups in total. The summed E-state index contributed by atoms with van der Waals surface area (Å²) in [5.74, 6) is 0.764. The van der Waals surface area contributed by atoms with Gasteiger partial charge in [0.2, 0.25) is 0 Å². The average Bonchev–Trinajstić information content (AvgIpc) is 2.87. The molecule has 3 atom stereocenters. The maximum absolute atomic E-state index is 9.70. The lowest BCUT2D eigenvalue weighted by molar-refractivity contribution is 0.197. The molecule has 0 aromatic heterocycles. The van der Waals surface area contributed by atoms with Crippen molar-refractivity contribution in [3.05, 3.63) is 29.3 Å². The Morgan fingerprint density at radius 2 is 2.05 bits per heavy atom. The summed E-state index contributed by atoms with van der Waals surface area (Å²) >= 11 is 0. The minimum absolute atomic E-state index is 0.289. The monoisotopic (exact) mass is 261 g/mol. The number of hydrogen-bond acceptors (Lipinski definition) is 3. The Balaban J connectivity index is 1.78. The quantitative estimate of drug-likeness (QED) is 0.783. The number of rotatable bonds is 3. The Morgan fingerprint density at radius 3 is 2.89 bits per heavy atom. The van der Waals surface area contributed by atoms with Gasteiger partial charge in [-0.3, -0.25) is 0 Å². The largest absolute Gasteiger partial charge is 0.508 e. The van der Waals surface area contributed by atoms with Crippen LogP contribution in [0.1, 0.15) is 49.3 Å². The molecule has 3 rings (SSSR count). The predicted octanol–water partition coefficient (Wildman–Crippen LogP) is 2.52. The van der Waals surface area contributed by atoms with Crippen LogP contribution in [-0.4, -0.2) is 22.9 Å². The fourth-order valence-electron chi connectivity index (χ4n) is 3.69. The predicted molar refractivity (Wildman–Crippen MR) is 75.1 cm³/mol. The van der Waals surface area contributed by atoms with E-state index in [0.29, 0.717) is 23.8 Å². The number of aliphatic hydroxyl groups excluding tert-OH is 1. The molecule has 3 unspecified atom stereocenters. The highest BCUT2D eigenvalue weighted by Gasteiger charge is 2.30. The van der Waals surface area contributed by atoms with Crippen molar-refractivity contribution in [1.29, 1.82) is 0 Å². The van der Waals surface area contributed by atoms with Gasteiger partial charge in [-0.15, -0.1) is 0 Å². The van der Waals surface area contributed by atoms with Crippen LogP contribution in [0.3, 0.4) is 0 Å². The second-order valence-electron chi connectivity index (χ2n) is 5.97. The maximum Gasteiger partial charge on any atom is 0.115 e. The average molecular weight is 261 g/mol. The van der Waals surface area contributed by atoms with Gasteiger partial charge in [0.15, 0.2) is 0 Å². The first-order valence-corrected chi connectivity index (χ1v) is 7.46. The number of aromatic hydroxyl groups is 1. The van der Waals surface area contributed by atoms with Gasteiger partial charge in [-0.2, -0.15) is 0 Å². The van der Waals surface area contributed by atoms with Gasteiger partial charge in [-0.1, -0.05) is 12.5 Å². The third-order valence-corrected chi connectivity index (χ3v) is 4.75. The number of nitrogens with one attached hydrogen (secondary N) is 1. The zero-order valence-electron chi connectivity index (χ0n) is 11.3. The van der Waals surface area contributed by atoms with Crippen LogP contribution in [0.5, 0.6) is 5.75 Å². The molecule has 0 amide bonds.